The molecule has 0 unspecified atom stereocenters. The molecule has 0 fully saturated rings. The zero-order valence-electron chi connectivity index (χ0n) is 11.4. The number of hydrogen-bond donors (Lipinski definition) is 2. The molecule has 2 aromatic rings. The van der Waals surface area contributed by atoms with Gasteiger partial charge in [-0.1, -0.05) is 12.1 Å². The van der Waals surface area contributed by atoms with Crippen molar-refractivity contribution in [3.63, 3.8) is 0 Å². The standard InChI is InChI=1S/C14H14N4O3/c1-18(14-15-7-4-8-16-14)9-12(19)17-11-6-3-2-5-10(11)13(20)21/h2-8H,9H2,1H3,(H,17,19)(H,20,21). The third kappa shape index (κ3) is 3.75. The van der Waals surface area contributed by atoms with Crippen molar-refractivity contribution in [1.29, 1.82) is 0 Å². The average Bonchev–Trinajstić information content (AvgIpc) is 2.48. The van der Waals surface area contributed by atoms with Gasteiger partial charge in [0.1, 0.15) is 0 Å². The van der Waals surface area contributed by atoms with E-state index in [4.69, 9.17) is 5.11 Å². The van der Waals surface area contributed by atoms with E-state index in [1.807, 2.05) is 0 Å². The highest BCUT2D eigenvalue weighted by Crippen LogP contribution is 2.15. The molecule has 0 radical (unpaired) electrons. The number of anilines is 2. The molecule has 2 N–H and O–H groups in total. The molecule has 0 bridgehead atoms. The van der Waals surface area contributed by atoms with Gasteiger partial charge in [-0.25, -0.2) is 14.8 Å². The van der Waals surface area contributed by atoms with E-state index < -0.39 is 5.97 Å². The summed E-state index contributed by atoms with van der Waals surface area (Å²) in [4.78, 5) is 32.7. The topological polar surface area (TPSA) is 95.4 Å². The zero-order chi connectivity index (χ0) is 15.2. The maximum Gasteiger partial charge on any atom is 0.337 e. The van der Waals surface area contributed by atoms with Crippen molar-refractivity contribution in [3.05, 3.63) is 48.3 Å². The Hall–Kier alpha value is -2.96. The molecule has 21 heavy (non-hydrogen) atoms. The molecule has 0 aliphatic rings. The number of hydrogen-bond acceptors (Lipinski definition) is 5. The van der Waals surface area contributed by atoms with E-state index in [2.05, 4.69) is 15.3 Å². The van der Waals surface area contributed by atoms with Gasteiger partial charge in [0.15, 0.2) is 0 Å². The first kappa shape index (κ1) is 14.4. The minimum absolute atomic E-state index is 0.0119. The number of carbonyl (C=O) groups excluding carboxylic acids is 1. The van der Waals surface area contributed by atoms with Gasteiger partial charge in [-0.2, -0.15) is 0 Å². The number of amides is 1. The van der Waals surface area contributed by atoms with Crippen LogP contribution in [0, 0.1) is 0 Å². The lowest BCUT2D eigenvalue weighted by Gasteiger charge is -2.16. The maximum absolute atomic E-state index is 12.0. The molecule has 1 aromatic heterocycles. The molecule has 0 aliphatic heterocycles. The van der Waals surface area contributed by atoms with Crippen LogP contribution in [0.2, 0.25) is 0 Å². The Morgan fingerprint density at radius 1 is 1.19 bits per heavy atom. The molecule has 0 saturated heterocycles. The van der Waals surface area contributed by atoms with Gasteiger partial charge >= 0.3 is 5.97 Å². The lowest BCUT2D eigenvalue weighted by molar-refractivity contribution is -0.114. The number of para-hydroxylation sites is 1. The number of carboxylic acid groups (broad SMARTS) is 1. The van der Waals surface area contributed by atoms with Gasteiger partial charge in [0, 0.05) is 19.4 Å². The molecule has 7 nitrogen and oxygen atoms in total. The minimum atomic E-state index is -1.09. The van der Waals surface area contributed by atoms with Gasteiger partial charge < -0.3 is 15.3 Å². The highest BCUT2D eigenvalue weighted by Gasteiger charge is 2.13. The molecule has 2 rings (SSSR count). The fourth-order valence-corrected chi connectivity index (χ4v) is 1.74. The Kier molecular flexibility index (Phi) is 4.45. The van der Waals surface area contributed by atoms with E-state index in [0.717, 1.165) is 0 Å². The van der Waals surface area contributed by atoms with Crippen LogP contribution in [0.5, 0.6) is 0 Å². The van der Waals surface area contributed by atoms with Crippen LogP contribution < -0.4 is 10.2 Å². The van der Waals surface area contributed by atoms with Crippen molar-refractivity contribution in [3.8, 4) is 0 Å². The summed E-state index contributed by atoms with van der Waals surface area (Å²) in [7, 11) is 1.68. The largest absolute Gasteiger partial charge is 0.478 e. The van der Waals surface area contributed by atoms with Gasteiger partial charge in [-0.15, -0.1) is 0 Å². The normalized spacial score (nSPS) is 9.95. The van der Waals surface area contributed by atoms with Gasteiger partial charge in [0.25, 0.3) is 0 Å². The molecule has 0 atom stereocenters. The van der Waals surface area contributed by atoms with Gasteiger partial charge in [0.2, 0.25) is 11.9 Å². The van der Waals surface area contributed by atoms with Crippen LogP contribution in [0.1, 0.15) is 10.4 Å². The number of benzene rings is 1. The summed E-state index contributed by atoms with van der Waals surface area (Å²) in [6, 6.07) is 7.91. The Balaban J connectivity index is 2.04. The van der Waals surface area contributed by atoms with Crippen LogP contribution in [-0.4, -0.2) is 40.5 Å². The Morgan fingerprint density at radius 2 is 1.86 bits per heavy atom. The van der Waals surface area contributed by atoms with Crippen molar-refractivity contribution in [2.75, 3.05) is 23.8 Å². The molecule has 1 heterocycles. The second-order valence-corrected chi connectivity index (χ2v) is 4.30. The molecule has 1 aromatic carbocycles. The van der Waals surface area contributed by atoms with E-state index in [9.17, 15) is 9.59 Å². The lowest BCUT2D eigenvalue weighted by atomic mass is 10.2. The predicted octanol–water partition coefficient (Wildman–Crippen LogP) is 1.25. The number of aromatic nitrogens is 2. The highest BCUT2D eigenvalue weighted by molar-refractivity contribution is 6.01. The van der Waals surface area contributed by atoms with Gasteiger partial charge in [-0.3, -0.25) is 4.79 Å². The van der Waals surface area contributed by atoms with Crippen molar-refractivity contribution in [2.45, 2.75) is 0 Å². The van der Waals surface area contributed by atoms with Crippen LogP contribution in [0.3, 0.4) is 0 Å². The first-order valence-corrected chi connectivity index (χ1v) is 6.18. The van der Waals surface area contributed by atoms with Crippen LogP contribution in [0.15, 0.2) is 42.7 Å². The molecular formula is C14H14N4O3. The molecular weight excluding hydrogens is 272 g/mol. The SMILES string of the molecule is CN(CC(=O)Nc1ccccc1C(=O)O)c1ncccn1. The number of carbonyl (C=O) groups is 2. The molecule has 0 spiro atoms. The molecule has 7 heteroatoms. The number of nitrogens with zero attached hydrogens (tertiary/aromatic N) is 3. The fraction of sp³-hybridized carbons (Fsp3) is 0.143. The second-order valence-electron chi connectivity index (χ2n) is 4.30. The summed E-state index contributed by atoms with van der Waals surface area (Å²) in [5.74, 6) is -1.02. The van der Waals surface area contributed by atoms with Crippen molar-refractivity contribution in [1.82, 2.24) is 9.97 Å². The van der Waals surface area contributed by atoms with Gasteiger partial charge in [0.05, 0.1) is 17.8 Å². The zero-order valence-corrected chi connectivity index (χ0v) is 11.4. The summed E-state index contributed by atoms with van der Waals surface area (Å²) in [6.45, 7) is 0.0119. The Labute approximate surface area is 121 Å². The van der Waals surface area contributed by atoms with Crippen molar-refractivity contribution >= 4 is 23.5 Å². The van der Waals surface area contributed by atoms with E-state index in [1.54, 1.807) is 48.6 Å². The quantitative estimate of drug-likeness (QED) is 0.859. The molecule has 0 aliphatic carbocycles. The molecule has 0 saturated carbocycles. The van der Waals surface area contributed by atoms with E-state index in [-0.39, 0.29) is 23.7 Å². The smallest absolute Gasteiger partial charge is 0.337 e. The highest BCUT2D eigenvalue weighted by atomic mass is 16.4. The van der Waals surface area contributed by atoms with E-state index in [1.165, 1.54) is 6.07 Å². The third-order valence-corrected chi connectivity index (χ3v) is 2.71. The first-order valence-electron chi connectivity index (χ1n) is 6.18. The second kappa shape index (κ2) is 6.47. The third-order valence-electron chi connectivity index (χ3n) is 2.71. The number of carboxylic acids is 1. The maximum atomic E-state index is 12.0. The summed E-state index contributed by atoms with van der Waals surface area (Å²) in [5, 5.41) is 11.6. The van der Waals surface area contributed by atoms with Crippen LogP contribution in [-0.2, 0) is 4.79 Å². The summed E-state index contributed by atoms with van der Waals surface area (Å²) >= 11 is 0. The van der Waals surface area contributed by atoms with Crippen LogP contribution in [0.4, 0.5) is 11.6 Å². The number of aromatic carboxylic acids is 1. The van der Waals surface area contributed by atoms with Crippen LogP contribution >= 0.6 is 0 Å². The number of rotatable bonds is 5. The average molecular weight is 286 g/mol. The van der Waals surface area contributed by atoms with E-state index >= 15 is 0 Å². The monoisotopic (exact) mass is 286 g/mol. The number of nitrogens with one attached hydrogen (secondary N) is 1. The van der Waals surface area contributed by atoms with Crippen LogP contribution in [0.25, 0.3) is 0 Å². The lowest BCUT2D eigenvalue weighted by Crippen LogP contribution is -2.31. The van der Waals surface area contributed by atoms with Crippen molar-refractivity contribution in [2.24, 2.45) is 0 Å². The number of likely N-dealkylation sites (N-methyl/N-ethyl adjacent to an activating group) is 1. The molecule has 108 valence electrons. The van der Waals surface area contributed by atoms with Crippen molar-refractivity contribution < 1.29 is 14.7 Å². The first-order chi connectivity index (χ1) is 10.1. The summed E-state index contributed by atoms with van der Waals surface area (Å²) < 4.78 is 0. The van der Waals surface area contributed by atoms with E-state index in [0.29, 0.717) is 5.95 Å². The predicted molar refractivity (Wildman–Crippen MR) is 77.3 cm³/mol. The van der Waals surface area contributed by atoms with Gasteiger partial charge in [-0.05, 0) is 18.2 Å². The molecule has 1 amide bonds. The minimum Gasteiger partial charge on any atom is -0.478 e. The Bertz CT molecular complexity index is 646. The summed E-state index contributed by atoms with van der Waals surface area (Å²) in [6.07, 6.45) is 3.16. The Morgan fingerprint density at radius 3 is 2.52 bits per heavy atom. The summed E-state index contributed by atoms with van der Waals surface area (Å²) in [5.41, 5.74) is 0.307. The fourth-order valence-electron chi connectivity index (χ4n) is 1.74.